The molecule has 0 aliphatic carbocycles. The van der Waals surface area contributed by atoms with E-state index in [0.717, 1.165) is 23.3 Å². The fourth-order valence-corrected chi connectivity index (χ4v) is 2.16. The van der Waals surface area contributed by atoms with E-state index in [-0.39, 0.29) is 0 Å². The molecule has 1 aromatic rings. The highest BCUT2D eigenvalue weighted by Gasteiger charge is 2.13. The van der Waals surface area contributed by atoms with Crippen molar-refractivity contribution >= 4 is 15.9 Å². The monoisotopic (exact) mass is 270 g/mol. The molecule has 2 heterocycles. The second-order valence-electron chi connectivity index (χ2n) is 3.80. The first-order chi connectivity index (χ1) is 7.34. The quantitative estimate of drug-likeness (QED) is 0.852. The van der Waals surface area contributed by atoms with Crippen molar-refractivity contribution in [3.63, 3.8) is 0 Å². The van der Waals surface area contributed by atoms with Crippen molar-refractivity contribution in [3.05, 3.63) is 28.5 Å². The van der Waals surface area contributed by atoms with E-state index >= 15 is 0 Å². The summed E-state index contributed by atoms with van der Waals surface area (Å²) < 4.78 is 6.51. The number of rotatable bonds is 4. The average molecular weight is 271 g/mol. The van der Waals surface area contributed by atoms with E-state index in [4.69, 9.17) is 4.74 Å². The summed E-state index contributed by atoms with van der Waals surface area (Å²) in [6.07, 6.45) is 4.30. The molecule has 1 aromatic heterocycles. The predicted octanol–water partition coefficient (Wildman–Crippen LogP) is 2.11. The average Bonchev–Trinajstić information content (AvgIpc) is 2.71. The van der Waals surface area contributed by atoms with Crippen molar-refractivity contribution in [1.29, 1.82) is 0 Å². The van der Waals surface area contributed by atoms with E-state index in [1.54, 1.807) is 6.20 Å². The van der Waals surface area contributed by atoms with Gasteiger partial charge in [-0.05, 0) is 53.0 Å². The smallest absolute Gasteiger partial charge is 0.106 e. The van der Waals surface area contributed by atoms with Gasteiger partial charge in [-0.15, -0.1) is 0 Å². The zero-order valence-electron chi connectivity index (χ0n) is 8.58. The maximum Gasteiger partial charge on any atom is 0.106 e. The summed E-state index contributed by atoms with van der Waals surface area (Å²) >= 11 is 3.34. The van der Waals surface area contributed by atoms with Gasteiger partial charge in [0.05, 0.1) is 13.2 Å². The van der Waals surface area contributed by atoms with Crippen LogP contribution in [0.2, 0.25) is 0 Å². The van der Waals surface area contributed by atoms with Gasteiger partial charge in [0.1, 0.15) is 4.60 Å². The van der Waals surface area contributed by atoms with Crippen LogP contribution >= 0.6 is 15.9 Å². The molecule has 1 aliphatic rings. The van der Waals surface area contributed by atoms with E-state index < -0.39 is 0 Å². The fraction of sp³-hybridized carbons (Fsp3) is 0.545. The number of hydrogen-bond donors (Lipinski definition) is 1. The highest BCUT2D eigenvalue weighted by atomic mass is 79.9. The van der Waals surface area contributed by atoms with Gasteiger partial charge in [-0.1, -0.05) is 0 Å². The number of halogens is 1. The second kappa shape index (κ2) is 5.58. The third-order valence-corrected chi connectivity index (χ3v) is 2.97. The minimum absolute atomic E-state index is 0.551. The molecule has 0 spiro atoms. The topological polar surface area (TPSA) is 34.1 Å². The fourth-order valence-electron chi connectivity index (χ4n) is 1.75. The molecular weight excluding hydrogens is 256 g/mol. The van der Waals surface area contributed by atoms with Crippen LogP contribution in [0, 0.1) is 0 Å². The Bertz CT molecular complexity index is 313. The Morgan fingerprint density at radius 3 is 3.27 bits per heavy atom. The number of nitrogens with zero attached hydrogens (tertiary/aromatic N) is 1. The van der Waals surface area contributed by atoms with Crippen LogP contribution in [0.5, 0.6) is 0 Å². The molecule has 0 saturated carbocycles. The molecule has 15 heavy (non-hydrogen) atoms. The summed E-state index contributed by atoms with van der Waals surface area (Å²) in [5.74, 6) is 0. The van der Waals surface area contributed by atoms with E-state index in [9.17, 15) is 0 Å². The third-order valence-electron chi connectivity index (χ3n) is 2.54. The molecule has 0 unspecified atom stereocenters. The van der Waals surface area contributed by atoms with Crippen molar-refractivity contribution in [1.82, 2.24) is 10.3 Å². The molecular formula is C11H15BrN2O. The maximum atomic E-state index is 5.65. The van der Waals surface area contributed by atoms with Crippen molar-refractivity contribution in [2.24, 2.45) is 0 Å². The zero-order chi connectivity index (χ0) is 10.5. The molecule has 82 valence electrons. The molecule has 4 heteroatoms. The highest BCUT2D eigenvalue weighted by Crippen LogP contribution is 2.10. The lowest BCUT2D eigenvalue weighted by Crippen LogP contribution is -2.26. The summed E-state index contributed by atoms with van der Waals surface area (Å²) in [5, 5.41) is 3.41. The lowest BCUT2D eigenvalue weighted by molar-refractivity contribution is 0.103. The second-order valence-corrected chi connectivity index (χ2v) is 4.61. The third kappa shape index (κ3) is 3.55. The molecule has 0 amide bonds. The van der Waals surface area contributed by atoms with Crippen LogP contribution in [-0.4, -0.2) is 24.2 Å². The number of hydrogen-bond acceptors (Lipinski definition) is 3. The SMILES string of the molecule is Brc1cc(COC[C@@H]2CCCN2)ccn1. The van der Waals surface area contributed by atoms with Crippen LogP contribution in [0.15, 0.2) is 22.9 Å². The molecule has 2 rings (SSSR count). The first-order valence-corrected chi connectivity index (χ1v) is 6.05. The van der Waals surface area contributed by atoms with Gasteiger partial charge in [0.25, 0.3) is 0 Å². The maximum absolute atomic E-state index is 5.65. The molecule has 0 bridgehead atoms. The Morgan fingerprint density at radius 2 is 2.53 bits per heavy atom. The summed E-state index contributed by atoms with van der Waals surface area (Å²) in [7, 11) is 0. The number of pyridine rings is 1. The van der Waals surface area contributed by atoms with Crippen LogP contribution in [-0.2, 0) is 11.3 Å². The van der Waals surface area contributed by atoms with Crippen molar-refractivity contribution in [3.8, 4) is 0 Å². The first-order valence-electron chi connectivity index (χ1n) is 5.26. The Morgan fingerprint density at radius 1 is 1.60 bits per heavy atom. The summed E-state index contributed by atoms with van der Waals surface area (Å²) in [6, 6.07) is 4.52. The lowest BCUT2D eigenvalue weighted by Gasteiger charge is -2.10. The molecule has 1 fully saturated rings. The molecule has 0 radical (unpaired) electrons. The summed E-state index contributed by atoms with van der Waals surface area (Å²) in [6.45, 7) is 2.61. The standard InChI is InChI=1S/C11H15BrN2O/c12-11-6-9(3-5-14-11)7-15-8-10-2-1-4-13-10/h3,5-6,10,13H,1-2,4,7-8H2/t10-/m0/s1. The van der Waals surface area contributed by atoms with E-state index in [1.165, 1.54) is 12.8 Å². The Balaban J connectivity index is 1.73. The van der Waals surface area contributed by atoms with Gasteiger partial charge >= 0.3 is 0 Å². The van der Waals surface area contributed by atoms with Gasteiger partial charge in [0.2, 0.25) is 0 Å². The van der Waals surface area contributed by atoms with Crippen molar-refractivity contribution in [2.75, 3.05) is 13.2 Å². The predicted molar refractivity (Wildman–Crippen MR) is 62.6 cm³/mol. The van der Waals surface area contributed by atoms with E-state index in [2.05, 4.69) is 26.2 Å². The minimum atomic E-state index is 0.551. The van der Waals surface area contributed by atoms with Gasteiger partial charge in [0.15, 0.2) is 0 Å². The molecule has 1 atom stereocenters. The molecule has 1 saturated heterocycles. The molecule has 1 N–H and O–H groups in total. The molecule has 0 aromatic carbocycles. The van der Waals surface area contributed by atoms with Gasteiger partial charge < -0.3 is 10.1 Å². The van der Waals surface area contributed by atoms with Gasteiger partial charge in [-0.2, -0.15) is 0 Å². The number of aromatic nitrogens is 1. The van der Waals surface area contributed by atoms with Crippen molar-refractivity contribution in [2.45, 2.75) is 25.5 Å². The van der Waals surface area contributed by atoms with Crippen molar-refractivity contribution < 1.29 is 4.74 Å². The largest absolute Gasteiger partial charge is 0.375 e. The minimum Gasteiger partial charge on any atom is -0.375 e. The van der Waals surface area contributed by atoms with E-state index in [1.807, 2.05) is 12.1 Å². The van der Waals surface area contributed by atoms with E-state index in [0.29, 0.717) is 12.6 Å². The number of ether oxygens (including phenoxy) is 1. The molecule has 3 nitrogen and oxygen atoms in total. The van der Waals surface area contributed by atoms with Gasteiger partial charge in [-0.25, -0.2) is 4.98 Å². The van der Waals surface area contributed by atoms with Crippen LogP contribution in [0.3, 0.4) is 0 Å². The Kier molecular flexibility index (Phi) is 4.11. The summed E-state index contributed by atoms with van der Waals surface area (Å²) in [5.41, 5.74) is 1.16. The zero-order valence-corrected chi connectivity index (χ0v) is 10.2. The molecule has 1 aliphatic heterocycles. The summed E-state index contributed by atoms with van der Waals surface area (Å²) in [4.78, 5) is 4.07. The normalized spacial score (nSPS) is 20.7. The van der Waals surface area contributed by atoms with Crippen LogP contribution in [0.1, 0.15) is 18.4 Å². The van der Waals surface area contributed by atoms with Gasteiger partial charge in [-0.3, -0.25) is 0 Å². The van der Waals surface area contributed by atoms with Crippen LogP contribution in [0.25, 0.3) is 0 Å². The Hall–Kier alpha value is -0.450. The number of nitrogens with one attached hydrogen (secondary N) is 1. The van der Waals surface area contributed by atoms with Crippen LogP contribution < -0.4 is 5.32 Å². The highest BCUT2D eigenvalue weighted by molar-refractivity contribution is 9.10. The Labute approximate surface area is 98.4 Å². The van der Waals surface area contributed by atoms with Crippen LogP contribution in [0.4, 0.5) is 0 Å². The van der Waals surface area contributed by atoms with Gasteiger partial charge in [0, 0.05) is 12.2 Å². The lowest BCUT2D eigenvalue weighted by atomic mass is 10.2. The first kappa shape index (κ1) is 11.0.